The van der Waals surface area contributed by atoms with Gasteiger partial charge in [-0.1, -0.05) is 30.3 Å². The molecule has 1 fully saturated rings. The minimum atomic E-state index is -0.336. The van der Waals surface area contributed by atoms with Gasteiger partial charge in [0.15, 0.2) is 0 Å². The van der Waals surface area contributed by atoms with Crippen molar-refractivity contribution in [3.63, 3.8) is 0 Å². The Hall–Kier alpha value is -2.80. The fourth-order valence-electron chi connectivity index (χ4n) is 3.02. The number of amides is 1. The molecule has 3 rings (SSSR count). The zero-order valence-electron chi connectivity index (χ0n) is 14.0. The first-order valence-corrected chi connectivity index (χ1v) is 8.22. The molecule has 1 amide bonds. The number of aromatic nitrogens is 1. The highest BCUT2D eigenvalue weighted by atomic mass is 16.1. The smallest absolute Gasteiger partial charge is 0.262 e. The Morgan fingerprint density at radius 1 is 1.33 bits per heavy atom. The summed E-state index contributed by atoms with van der Waals surface area (Å²) in [6.07, 6.45) is 4.12. The van der Waals surface area contributed by atoms with Gasteiger partial charge in [-0.25, -0.2) is 0 Å². The fraction of sp³-hybridized carbons (Fsp3) is 0.300. The van der Waals surface area contributed by atoms with E-state index in [1.165, 1.54) is 18.5 Å². The van der Waals surface area contributed by atoms with Gasteiger partial charge >= 0.3 is 0 Å². The van der Waals surface area contributed by atoms with Crippen molar-refractivity contribution in [1.29, 1.82) is 5.26 Å². The van der Waals surface area contributed by atoms with E-state index in [4.69, 9.17) is 0 Å². The third-order valence-corrected chi connectivity index (χ3v) is 4.40. The van der Waals surface area contributed by atoms with Crippen LogP contribution in [-0.2, 0) is 11.3 Å². The third kappa shape index (κ3) is 3.41. The number of aryl methyl sites for hydroxylation is 1. The summed E-state index contributed by atoms with van der Waals surface area (Å²) in [4.78, 5) is 12.3. The molecule has 4 nitrogen and oxygen atoms in total. The van der Waals surface area contributed by atoms with Crippen molar-refractivity contribution in [2.24, 2.45) is 0 Å². The van der Waals surface area contributed by atoms with Crippen molar-refractivity contribution in [2.45, 2.75) is 39.3 Å². The van der Waals surface area contributed by atoms with Gasteiger partial charge in [0, 0.05) is 24.0 Å². The van der Waals surface area contributed by atoms with Crippen LogP contribution in [0.1, 0.15) is 41.4 Å². The van der Waals surface area contributed by atoms with Gasteiger partial charge in [0.2, 0.25) is 0 Å². The second-order valence-electron chi connectivity index (χ2n) is 6.27. The van der Waals surface area contributed by atoms with Gasteiger partial charge in [-0.3, -0.25) is 4.79 Å². The van der Waals surface area contributed by atoms with Crippen molar-refractivity contribution in [1.82, 2.24) is 9.88 Å². The van der Waals surface area contributed by atoms with Crippen LogP contribution in [0.25, 0.3) is 6.08 Å². The molecule has 2 aromatic rings. The number of benzene rings is 1. The SMILES string of the molecule is Cc1cc(C=C(C#N)C(=O)NCc2ccccc2)c(C)n1C1CC1. The lowest BCUT2D eigenvalue weighted by Gasteiger charge is -2.07. The van der Waals surface area contributed by atoms with Gasteiger partial charge in [-0.15, -0.1) is 0 Å². The van der Waals surface area contributed by atoms with E-state index in [0.717, 1.165) is 16.8 Å². The summed E-state index contributed by atoms with van der Waals surface area (Å²) in [5.41, 5.74) is 4.41. The lowest BCUT2D eigenvalue weighted by atomic mass is 10.1. The highest BCUT2D eigenvalue weighted by Gasteiger charge is 2.26. The lowest BCUT2D eigenvalue weighted by Crippen LogP contribution is -2.23. The summed E-state index contributed by atoms with van der Waals surface area (Å²) in [6, 6.07) is 14.3. The van der Waals surface area contributed by atoms with Gasteiger partial charge < -0.3 is 9.88 Å². The van der Waals surface area contributed by atoms with Crippen molar-refractivity contribution in [3.8, 4) is 6.07 Å². The average molecular weight is 319 g/mol. The van der Waals surface area contributed by atoms with E-state index >= 15 is 0 Å². The number of hydrogen-bond donors (Lipinski definition) is 1. The molecule has 1 aromatic heterocycles. The maximum absolute atomic E-state index is 12.3. The molecular formula is C20H21N3O. The first kappa shape index (κ1) is 16.1. The van der Waals surface area contributed by atoms with Crippen LogP contribution in [0.15, 0.2) is 42.0 Å². The van der Waals surface area contributed by atoms with Crippen LogP contribution >= 0.6 is 0 Å². The molecule has 0 atom stereocenters. The van der Waals surface area contributed by atoms with E-state index in [9.17, 15) is 10.1 Å². The van der Waals surface area contributed by atoms with E-state index in [2.05, 4.69) is 22.9 Å². The summed E-state index contributed by atoms with van der Waals surface area (Å²) in [5, 5.41) is 12.2. The highest BCUT2D eigenvalue weighted by molar-refractivity contribution is 6.01. The molecule has 122 valence electrons. The molecule has 0 saturated heterocycles. The highest BCUT2D eigenvalue weighted by Crippen LogP contribution is 2.38. The van der Waals surface area contributed by atoms with Crippen LogP contribution in [-0.4, -0.2) is 10.5 Å². The van der Waals surface area contributed by atoms with Crippen LogP contribution in [0, 0.1) is 25.2 Å². The van der Waals surface area contributed by atoms with Crippen LogP contribution in [0.2, 0.25) is 0 Å². The van der Waals surface area contributed by atoms with Gasteiger partial charge in [0.1, 0.15) is 11.6 Å². The molecule has 0 aliphatic heterocycles. The second-order valence-corrected chi connectivity index (χ2v) is 6.27. The first-order valence-electron chi connectivity index (χ1n) is 8.22. The van der Waals surface area contributed by atoms with Crippen molar-refractivity contribution in [2.75, 3.05) is 0 Å². The van der Waals surface area contributed by atoms with Crippen LogP contribution in [0.4, 0.5) is 0 Å². The Balaban J connectivity index is 1.76. The number of carbonyl (C=O) groups is 1. The largest absolute Gasteiger partial charge is 0.347 e. The van der Waals surface area contributed by atoms with Gasteiger partial charge in [-0.2, -0.15) is 5.26 Å². The van der Waals surface area contributed by atoms with Gasteiger partial charge in [-0.05, 0) is 50.0 Å². The van der Waals surface area contributed by atoms with E-state index < -0.39 is 0 Å². The molecule has 1 saturated carbocycles. The Morgan fingerprint density at radius 3 is 2.67 bits per heavy atom. The zero-order valence-corrected chi connectivity index (χ0v) is 14.0. The molecule has 4 heteroatoms. The normalized spacial score (nSPS) is 14.3. The zero-order chi connectivity index (χ0) is 17.1. The van der Waals surface area contributed by atoms with E-state index in [0.29, 0.717) is 12.6 Å². The molecule has 1 aromatic carbocycles. The minimum absolute atomic E-state index is 0.141. The number of carbonyl (C=O) groups excluding carboxylic acids is 1. The van der Waals surface area contributed by atoms with Crippen LogP contribution in [0.5, 0.6) is 0 Å². The molecule has 0 spiro atoms. The lowest BCUT2D eigenvalue weighted by molar-refractivity contribution is -0.117. The Kier molecular flexibility index (Phi) is 4.52. The number of nitrogens with zero attached hydrogens (tertiary/aromatic N) is 2. The summed E-state index contributed by atoms with van der Waals surface area (Å²) in [5.74, 6) is -0.336. The van der Waals surface area contributed by atoms with Crippen LogP contribution < -0.4 is 5.32 Å². The van der Waals surface area contributed by atoms with Crippen molar-refractivity contribution in [3.05, 3.63) is 64.5 Å². The summed E-state index contributed by atoms with van der Waals surface area (Å²) in [7, 11) is 0. The number of hydrogen-bond acceptors (Lipinski definition) is 2. The molecule has 0 unspecified atom stereocenters. The van der Waals surface area contributed by atoms with Crippen molar-refractivity contribution >= 4 is 12.0 Å². The molecule has 24 heavy (non-hydrogen) atoms. The number of nitrogens with one attached hydrogen (secondary N) is 1. The van der Waals surface area contributed by atoms with E-state index in [-0.39, 0.29) is 11.5 Å². The molecular weight excluding hydrogens is 298 g/mol. The maximum Gasteiger partial charge on any atom is 0.262 e. The first-order chi connectivity index (χ1) is 11.6. The predicted molar refractivity (Wildman–Crippen MR) is 94.1 cm³/mol. The van der Waals surface area contributed by atoms with Crippen molar-refractivity contribution < 1.29 is 4.79 Å². The molecule has 1 N–H and O–H groups in total. The Bertz CT molecular complexity index is 821. The summed E-state index contributed by atoms with van der Waals surface area (Å²) < 4.78 is 2.31. The molecule has 1 heterocycles. The van der Waals surface area contributed by atoms with Gasteiger partial charge in [0.25, 0.3) is 5.91 Å². The molecule has 1 aliphatic carbocycles. The van der Waals surface area contributed by atoms with E-state index in [1.807, 2.05) is 43.3 Å². The predicted octanol–water partition coefficient (Wildman–Crippen LogP) is 3.66. The Morgan fingerprint density at radius 2 is 2.04 bits per heavy atom. The summed E-state index contributed by atoms with van der Waals surface area (Å²) >= 11 is 0. The van der Waals surface area contributed by atoms with Crippen LogP contribution in [0.3, 0.4) is 0 Å². The summed E-state index contributed by atoms with van der Waals surface area (Å²) in [6.45, 7) is 4.54. The molecule has 0 bridgehead atoms. The topological polar surface area (TPSA) is 57.8 Å². The quantitative estimate of drug-likeness (QED) is 0.675. The average Bonchev–Trinajstić information content (AvgIpc) is 3.38. The monoisotopic (exact) mass is 319 g/mol. The molecule has 0 radical (unpaired) electrons. The van der Waals surface area contributed by atoms with E-state index in [1.54, 1.807) is 6.08 Å². The van der Waals surface area contributed by atoms with Gasteiger partial charge in [0.05, 0.1) is 0 Å². The fourth-order valence-corrected chi connectivity index (χ4v) is 3.02. The Labute approximate surface area is 142 Å². The number of rotatable bonds is 5. The standard InChI is InChI=1S/C20H21N3O/c1-14-10-17(15(2)23(14)19-8-9-19)11-18(12-21)20(24)22-13-16-6-4-3-5-7-16/h3-7,10-11,19H,8-9,13H2,1-2H3,(H,22,24). The third-order valence-electron chi connectivity index (χ3n) is 4.40. The second kappa shape index (κ2) is 6.76. The maximum atomic E-state index is 12.3. The molecule has 1 aliphatic rings. The minimum Gasteiger partial charge on any atom is -0.347 e. The number of nitriles is 1.